The lowest BCUT2D eigenvalue weighted by Gasteiger charge is -2.27. The summed E-state index contributed by atoms with van der Waals surface area (Å²) in [5.41, 5.74) is 3.31. The van der Waals surface area contributed by atoms with Crippen LogP contribution in [0.25, 0.3) is 10.9 Å². The summed E-state index contributed by atoms with van der Waals surface area (Å²) in [6.07, 6.45) is 0. The summed E-state index contributed by atoms with van der Waals surface area (Å²) in [7, 11) is -0.485. The molecule has 0 aliphatic rings. The van der Waals surface area contributed by atoms with Crippen LogP contribution in [0.2, 0.25) is 0 Å². The SMILES string of the molecule is COc1ccccc1N(c1c(C)c2ccccc2n1C)S(=O)(=O)c1ccc(C)cc1. The molecule has 0 spiro atoms. The number of hydrogen-bond donors (Lipinski definition) is 0. The lowest BCUT2D eigenvalue weighted by Crippen LogP contribution is -2.29. The van der Waals surface area contributed by atoms with Gasteiger partial charge in [0.05, 0.1) is 12.0 Å². The van der Waals surface area contributed by atoms with Crippen LogP contribution < -0.4 is 9.04 Å². The molecule has 0 saturated heterocycles. The molecule has 0 aliphatic heterocycles. The monoisotopic (exact) mass is 420 g/mol. The van der Waals surface area contributed by atoms with Gasteiger partial charge in [0.1, 0.15) is 17.3 Å². The molecule has 6 heteroatoms. The quantitative estimate of drug-likeness (QED) is 0.438. The van der Waals surface area contributed by atoms with E-state index in [1.165, 1.54) is 4.31 Å². The van der Waals surface area contributed by atoms with Gasteiger partial charge >= 0.3 is 0 Å². The van der Waals surface area contributed by atoms with Gasteiger partial charge in [-0.2, -0.15) is 0 Å². The minimum absolute atomic E-state index is 0.226. The smallest absolute Gasteiger partial charge is 0.269 e. The number of hydrogen-bond acceptors (Lipinski definition) is 3. The number of ether oxygens (including phenoxy) is 1. The number of benzene rings is 3. The van der Waals surface area contributed by atoms with Crippen molar-refractivity contribution in [2.24, 2.45) is 7.05 Å². The number of methoxy groups -OCH3 is 1. The number of sulfonamides is 1. The van der Waals surface area contributed by atoms with Crippen LogP contribution in [-0.4, -0.2) is 20.1 Å². The fourth-order valence-electron chi connectivity index (χ4n) is 3.83. The highest BCUT2D eigenvalue weighted by atomic mass is 32.2. The molecule has 30 heavy (non-hydrogen) atoms. The summed E-state index contributed by atoms with van der Waals surface area (Å²) in [5.74, 6) is 1.07. The molecule has 154 valence electrons. The van der Waals surface area contributed by atoms with Crippen LogP contribution in [0, 0.1) is 13.8 Å². The van der Waals surface area contributed by atoms with Crippen molar-refractivity contribution in [3.05, 3.63) is 83.9 Å². The first-order valence-electron chi connectivity index (χ1n) is 9.65. The molecule has 0 bridgehead atoms. The standard InChI is InChI=1S/C24H24N2O3S/c1-17-13-15-19(16-14-17)30(27,28)26(22-11-7-8-12-23(22)29-4)24-18(2)20-9-5-6-10-21(20)25(24)3/h5-16H,1-4H3. The van der Waals surface area contributed by atoms with E-state index in [1.807, 2.05) is 74.0 Å². The summed E-state index contributed by atoms with van der Waals surface area (Å²) in [6.45, 7) is 3.88. The van der Waals surface area contributed by atoms with Crippen LogP contribution in [0.5, 0.6) is 5.75 Å². The Morgan fingerprint density at radius 2 is 1.50 bits per heavy atom. The van der Waals surface area contributed by atoms with Crippen molar-refractivity contribution in [1.82, 2.24) is 4.57 Å². The van der Waals surface area contributed by atoms with Crippen LogP contribution in [0.15, 0.2) is 77.7 Å². The molecule has 0 aliphatic carbocycles. The topological polar surface area (TPSA) is 51.5 Å². The summed E-state index contributed by atoms with van der Waals surface area (Å²) in [4.78, 5) is 0.226. The first-order valence-corrected chi connectivity index (χ1v) is 11.1. The van der Waals surface area contributed by atoms with Crippen molar-refractivity contribution in [3.8, 4) is 5.75 Å². The van der Waals surface area contributed by atoms with Gasteiger partial charge in [-0.05, 0) is 44.2 Å². The molecule has 1 heterocycles. The molecular formula is C24H24N2O3S. The fourth-order valence-corrected chi connectivity index (χ4v) is 5.42. The Morgan fingerprint density at radius 1 is 0.867 bits per heavy atom. The summed E-state index contributed by atoms with van der Waals surface area (Å²) in [5, 5.41) is 1.01. The zero-order valence-electron chi connectivity index (χ0n) is 17.5. The maximum absolute atomic E-state index is 14.0. The zero-order chi connectivity index (χ0) is 21.5. The molecule has 0 radical (unpaired) electrons. The van der Waals surface area contributed by atoms with E-state index in [4.69, 9.17) is 4.74 Å². The summed E-state index contributed by atoms with van der Waals surface area (Å²) >= 11 is 0. The third-order valence-electron chi connectivity index (χ3n) is 5.38. The summed E-state index contributed by atoms with van der Waals surface area (Å²) < 4.78 is 36.8. The molecular weight excluding hydrogens is 396 g/mol. The Morgan fingerprint density at radius 3 is 2.17 bits per heavy atom. The van der Waals surface area contributed by atoms with Crippen molar-refractivity contribution in [2.45, 2.75) is 18.7 Å². The van der Waals surface area contributed by atoms with E-state index in [0.29, 0.717) is 17.3 Å². The number of aromatic nitrogens is 1. The Labute approximate surface area is 177 Å². The van der Waals surface area contributed by atoms with E-state index < -0.39 is 10.0 Å². The predicted molar refractivity (Wildman–Crippen MR) is 121 cm³/mol. The minimum Gasteiger partial charge on any atom is -0.495 e. The van der Waals surface area contributed by atoms with Crippen molar-refractivity contribution in [2.75, 3.05) is 11.4 Å². The highest BCUT2D eigenvalue weighted by Crippen LogP contribution is 2.42. The normalized spacial score (nSPS) is 11.6. The zero-order valence-corrected chi connectivity index (χ0v) is 18.3. The third kappa shape index (κ3) is 3.13. The van der Waals surface area contributed by atoms with Gasteiger partial charge < -0.3 is 9.30 Å². The van der Waals surface area contributed by atoms with E-state index in [0.717, 1.165) is 22.0 Å². The molecule has 0 amide bonds. The Kier molecular flexibility index (Phi) is 5.03. The first kappa shape index (κ1) is 20.0. The maximum atomic E-state index is 14.0. The molecule has 0 atom stereocenters. The molecule has 0 fully saturated rings. The van der Waals surface area contributed by atoms with Crippen molar-refractivity contribution >= 4 is 32.4 Å². The lowest BCUT2D eigenvalue weighted by atomic mass is 10.2. The molecule has 0 saturated carbocycles. The lowest BCUT2D eigenvalue weighted by molar-refractivity contribution is 0.416. The third-order valence-corrected chi connectivity index (χ3v) is 7.10. The largest absolute Gasteiger partial charge is 0.495 e. The van der Waals surface area contributed by atoms with Crippen LogP contribution in [-0.2, 0) is 17.1 Å². The second-order valence-electron chi connectivity index (χ2n) is 7.28. The maximum Gasteiger partial charge on any atom is 0.269 e. The molecule has 4 aromatic rings. The number of anilines is 2. The molecule has 5 nitrogen and oxygen atoms in total. The highest BCUT2D eigenvalue weighted by molar-refractivity contribution is 7.93. The van der Waals surface area contributed by atoms with Gasteiger partial charge in [-0.25, -0.2) is 12.7 Å². The average Bonchev–Trinajstić information content (AvgIpc) is 3.00. The molecule has 3 aromatic carbocycles. The Balaban J connectivity index is 2.07. The Bertz CT molecular complexity index is 1280. The van der Waals surface area contributed by atoms with E-state index >= 15 is 0 Å². The predicted octanol–water partition coefficient (Wildman–Crippen LogP) is 5.33. The average molecular weight is 421 g/mol. The van der Waals surface area contributed by atoms with Gasteiger partial charge in [0.15, 0.2) is 0 Å². The first-order chi connectivity index (χ1) is 14.4. The number of fused-ring (bicyclic) bond motifs is 1. The highest BCUT2D eigenvalue weighted by Gasteiger charge is 2.33. The number of rotatable bonds is 5. The van der Waals surface area contributed by atoms with E-state index in [1.54, 1.807) is 31.4 Å². The van der Waals surface area contributed by atoms with Crippen molar-refractivity contribution in [1.29, 1.82) is 0 Å². The number of para-hydroxylation sites is 3. The van der Waals surface area contributed by atoms with E-state index in [2.05, 4.69) is 0 Å². The van der Waals surface area contributed by atoms with E-state index in [9.17, 15) is 8.42 Å². The van der Waals surface area contributed by atoms with Crippen LogP contribution >= 0.6 is 0 Å². The molecule has 0 unspecified atom stereocenters. The van der Waals surface area contributed by atoms with Crippen LogP contribution in [0.1, 0.15) is 11.1 Å². The van der Waals surface area contributed by atoms with Gasteiger partial charge in [0, 0.05) is 23.5 Å². The summed E-state index contributed by atoms with van der Waals surface area (Å²) in [6, 6.07) is 22.0. The van der Waals surface area contributed by atoms with Gasteiger partial charge in [0.2, 0.25) is 0 Å². The van der Waals surface area contributed by atoms with Gasteiger partial charge in [-0.15, -0.1) is 0 Å². The second kappa shape index (κ2) is 7.54. The molecule has 0 N–H and O–H groups in total. The minimum atomic E-state index is -3.92. The van der Waals surface area contributed by atoms with Crippen LogP contribution in [0.3, 0.4) is 0 Å². The number of nitrogens with zero attached hydrogens (tertiary/aromatic N) is 2. The molecule has 4 rings (SSSR count). The van der Waals surface area contributed by atoms with Crippen molar-refractivity contribution in [3.63, 3.8) is 0 Å². The van der Waals surface area contributed by atoms with Gasteiger partial charge in [-0.3, -0.25) is 0 Å². The Hall–Kier alpha value is -3.25. The van der Waals surface area contributed by atoms with Gasteiger partial charge in [-0.1, -0.05) is 48.0 Å². The van der Waals surface area contributed by atoms with Crippen LogP contribution in [0.4, 0.5) is 11.5 Å². The van der Waals surface area contributed by atoms with Gasteiger partial charge in [0.25, 0.3) is 10.0 Å². The molecule has 1 aromatic heterocycles. The second-order valence-corrected chi connectivity index (χ2v) is 9.07. The van der Waals surface area contributed by atoms with Crippen molar-refractivity contribution < 1.29 is 13.2 Å². The number of aryl methyl sites for hydroxylation is 3. The van der Waals surface area contributed by atoms with E-state index in [-0.39, 0.29) is 4.90 Å². The fraction of sp³-hybridized carbons (Fsp3) is 0.167.